The van der Waals surface area contributed by atoms with Gasteiger partial charge in [0, 0.05) is 49.9 Å². The molecule has 0 atom stereocenters. The van der Waals surface area contributed by atoms with E-state index in [4.69, 9.17) is 4.55 Å². The number of rotatable bonds is 19. The first-order chi connectivity index (χ1) is 21.9. The van der Waals surface area contributed by atoms with Crippen molar-refractivity contribution in [2.24, 2.45) is 0 Å². The van der Waals surface area contributed by atoms with Gasteiger partial charge in [-0.15, -0.1) is 0 Å². The molecular formula is C39H54N2O3S+2. The molecule has 6 heteroatoms. The summed E-state index contributed by atoms with van der Waals surface area (Å²) in [6, 6.07) is 18.5. The molecule has 242 valence electrons. The van der Waals surface area contributed by atoms with Gasteiger partial charge in [0.2, 0.25) is 0 Å². The van der Waals surface area contributed by atoms with Gasteiger partial charge in [-0.2, -0.15) is 8.42 Å². The maximum absolute atomic E-state index is 10.5. The molecule has 2 heterocycles. The number of hydrogen-bond donors (Lipinski definition) is 1. The third-order valence-electron chi connectivity index (χ3n) is 7.55. The van der Waals surface area contributed by atoms with Crippen molar-refractivity contribution in [2.75, 3.05) is 0 Å². The molecule has 0 aliphatic carbocycles. The SMILES string of the molecule is C(C#CCCCCCCCCC[n+]1ccccc1)#CCCCCCCCCC[n+]1ccccc1.Cc1ccc(S(=O)(=O)O)cc1. The van der Waals surface area contributed by atoms with Crippen molar-refractivity contribution in [3.63, 3.8) is 0 Å². The van der Waals surface area contributed by atoms with E-state index in [9.17, 15) is 8.42 Å². The molecule has 0 radical (unpaired) electrons. The van der Waals surface area contributed by atoms with Crippen molar-refractivity contribution in [2.45, 2.75) is 128 Å². The van der Waals surface area contributed by atoms with Crippen molar-refractivity contribution in [3.05, 3.63) is 91.0 Å². The Morgan fingerprint density at radius 1 is 0.533 bits per heavy atom. The fourth-order valence-corrected chi connectivity index (χ4v) is 5.35. The Labute approximate surface area is 273 Å². The van der Waals surface area contributed by atoms with E-state index in [-0.39, 0.29) is 4.90 Å². The maximum Gasteiger partial charge on any atom is 0.294 e. The number of pyridine rings is 2. The van der Waals surface area contributed by atoms with E-state index >= 15 is 0 Å². The highest BCUT2D eigenvalue weighted by molar-refractivity contribution is 7.85. The summed E-state index contributed by atoms with van der Waals surface area (Å²) in [7, 11) is -4.02. The second kappa shape index (κ2) is 24.8. The topological polar surface area (TPSA) is 62.1 Å². The molecule has 0 saturated heterocycles. The molecule has 3 rings (SSSR count). The molecule has 1 aromatic carbocycles. The quantitative estimate of drug-likeness (QED) is 0.0626. The van der Waals surface area contributed by atoms with E-state index in [2.05, 4.69) is 94.0 Å². The molecule has 0 amide bonds. The van der Waals surface area contributed by atoms with Crippen molar-refractivity contribution in [1.29, 1.82) is 0 Å². The van der Waals surface area contributed by atoms with Crippen LogP contribution in [-0.2, 0) is 23.2 Å². The molecule has 3 aromatic rings. The molecule has 0 aliphatic rings. The van der Waals surface area contributed by atoms with E-state index in [0.29, 0.717) is 0 Å². The Morgan fingerprint density at radius 3 is 1.27 bits per heavy atom. The molecule has 0 bridgehead atoms. The summed E-state index contributed by atoms with van der Waals surface area (Å²) in [5.41, 5.74) is 0.956. The smallest absolute Gasteiger partial charge is 0.282 e. The van der Waals surface area contributed by atoms with Gasteiger partial charge in [-0.25, -0.2) is 9.13 Å². The highest BCUT2D eigenvalue weighted by Gasteiger charge is 2.07. The zero-order valence-electron chi connectivity index (χ0n) is 27.4. The van der Waals surface area contributed by atoms with Gasteiger partial charge in [-0.1, -0.05) is 93.0 Å². The summed E-state index contributed by atoms with van der Waals surface area (Å²) in [5.74, 6) is 12.5. The predicted octanol–water partition coefficient (Wildman–Crippen LogP) is 8.45. The third-order valence-corrected chi connectivity index (χ3v) is 8.42. The highest BCUT2D eigenvalue weighted by atomic mass is 32.2. The number of aromatic nitrogens is 2. The lowest BCUT2D eigenvalue weighted by atomic mass is 10.1. The van der Waals surface area contributed by atoms with Crippen LogP contribution in [-0.4, -0.2) is 13.0 Å². The Hall–Kier alpha value is -3.45. The van der Waals surface area contributed by atoms with Crippen LogP contribution >= 0.6 is 0 Å². The molecule has 1 N–H and O–H groups in total. The largest absolute Gasteiger partial charge is 0.294 e. The average Bonchev–Trinajstić information content (AvgIpc) is 3.04. The standard InChI is InChI=1S/C32H46N2.C7H8O3S/c1(3-5-7-9-11-13-15-17-21-27-33-29-23-19-24-30-33)2-4-6-8-10-12-14-16-18-22-28-34-31-25-20-26-32-34;1-6-2-4-7(5-3-6)11(8,9)10/h19-20,23-26,29-32H,5-18,21-22,27-28H2;2-5H,1H3,(H,8,9,10)/q+2;. The van der Waals surface area contributed by atoms with Crippen molar-refractivity contribution in [3.8, 4) is 23.7 Å². The molecule has 2 aromatic heterocycles. The lowest BCUT2D eigenvalue weighted by Gasteiger charge is -2.00. The van der Waals surface area contributed by atoms with Crippen molar-refractivity contribution >= 4 is 10.1 Å². The third kappa shape index (κ3) is 21.0. The van der Waals surface area contributed by atoms with Crippen molar-refractivity contribution < 1.29 is 22.1 Å². The van der Waals surface area contributed by atoms with E-state index < -0.39 is 10.1 Å². The second-order valence-corrected chi connectivity index (χ2v) is 13.0. The lowest BCUT2D eigenvalue weighted by molar-refractivity contribution is -0.697. The Morgan fingerprint density at radius 2 is 0.889 bits per heavy atom. The van der Waals surface area contributed by atoms with Gasteiger partial charge >= 0.3 is 0 Å². The van der Waals surface area contributed by atoms with Crippen LogP contribution in [0.2, 0.25) is 0 Å². The van der Waals surface area contributed by atoms with Crippen molar-refractivity contribution in [1.82, 2.24) is 0 Å². The minimum Gasteiger partial charge on any atom is -0.282 e. The first kappa shape index (κ1) is 37.7. The summed E-state index contributed by atoms with van der Waals surface area (Å²) in [5, 5.41) is 0. The summed E-state index contributed by atoms with van der Waals surface area (Å²) < 4.78 is 34.1. The van der Waals surface area contributed by atoms with Gasteiger partial charge in [-0.05, 0) is 56.6 Å². The van der Waals surface area contributed by atoms with Gasteiger partial charge in [0.25, 0.3) is 10.1 Å². The normalized spacial score (nSPS) is 10.5. The summed E-state index contributed by atoms with van der Waals surface area (Å²) in [6.07, 6.45) is 29.1. The summed E-state index contributed by atoms with van der Waals surface area (Å²) in [4.78, 5) is -0.0666. The van der Waals surface area contributed by atoms with E-state index in [0.717, 1.165) is 31.5 Å². The first-order valence-electron chi connectivity index (χ1n) is 16.8. The van der Waals surface area contributed by atoms with E-state index in [1.807, 2.05) is 6.92 Å². The second-order valence-electron chi connectivity index (χ2n) is 11.6. The minimum absolute atomic E-state index is 0.0666. The van der Waals surface area contributed by atoms with Crippen LogP contribution in [0.3, 0.4) is 0 Å². The zero-order chi connectivity index (χ0) is 32.3. The van der Waals surface area contributed by atoms with Crippen LogP contribution in [0.4, 0.5) is 0 Å². The van der Waals surface area contributed by atoms with E-state index in [1.54, 1.807) is 12.1 Å². The molecule has 5 nitrogen and oxygen atoms in total. The summed E-state index contributed by atoms with van der Waals surface area (Å²) >= 11 is 0. The van der Waals surface area contributed by atoms with E-state index in [1.165, 1.54) is 102 Å². The lowest BCUT2D eigenvalue weighted by Crippen LogP contribution is -2.32. The molecule has 0 aliphatic heterocycles. The molecule has 0 saturated carbocycles. The zero-order valence-corrected chi connectivity index (χ0v) is 28.2. The fraction of sp³-hybridized carbons (Fsp3) is 0.487. The predicted molar refractivity (Wildman–Crippen MR) is 184 cm³/mol. The van der Waals surface area contributed by atoms with Gasteiger partial charge < -0.3 is 0 Å². The van der Waals surface area contributed by atoms with Gasteiger partial charge in [0.15, 0.2) is 24.8 Å². The molecule has 45 heavy (non-hydrogen) atoms. The monoisotopic (exact) mass is 630 g/mol. The molecule has 0 fully saturated rings. The Balaban J connectivity index is 0.000000537. The number of hydrogen-bond acceptors (Lipinski definition) is 2. The number of benzene rings is 1. The highest BCUT2D eigenvalue weighted by Crippen LogP contribution is 2.10. The van der Waals surface area contributed by atoms with Crippen LogP contribution in [0.1, 0.15) is 108 Å². The van der Waals surface area contributed by atoms with Crippen LogP contribution in [0, 0.1) is 30.6 Å². The fourth-order valence-electron chi connectivity index (χ4n) is 4.87. The number of unbranched alkanes of at least 4 members (excludes halogenated alkanes) is 14. The van der Waals surface area contributed by atoms with Gasteiger partial charge in [0.05, 0.1) is 4.90 Å². The van der Waals surface area contributed by atoms with Crippen LogP contribution in [0.15, 0.2) is 90.3 Å². The average molecular weight is 631 g/mol. The van der Waals surface area contributed by atoms with Gasteiger partial charge in [-0.3, -0.25) is 4.55 Å². The number of aryl methyl sites for hydroxylation is 3. The molecular weight excluding hydrogens is 577 g/mol. The Bertz CT molecular complexity index is 1310. The minimum atomic E-state index is -4.02. The first-order valence-corrected chi connectivity index (χ1v) is 18.3. The Kier molecular flexibility index (Phi) is 20.8. The summed E-state index contributed by atoms with van der Waals surface area (Å²) in [6.45, 7) is 4.13. The van der Waals surface area contributed by atoms with Crippen LogP contribution < -0.4 is 9.13 Å². The molecule has 0 unspecified atom stereocenters. The maximum atomic E-state index is 10.5. The van der Waals surface area contributed by atoms with Crippen LogP contribution in [0.25, 0.3) is 0 Å². The molecule has 0 spiro atoms. The van der Waals surface area contributed by atoms with Gasteiger partial charge in [0.1, 0.15) is 13.1 Å². The van der Waals surface area contributed by atoms with Crippen LogP contribution in [0.5, 0.6) is 0 Å². The number of nitrogens with zero attached hydrogens (tertiary/aromatic N) is 2.